The van der Waals surface area contributed by atoms with Gasteiger partial charge in [0.15, 0.2) is 9.84 Å². The van der Waals surface area contributed by atoms with Crippen molar-refractivity contribution < 1.29 is 8.42 Å². The Hall–Kier alpha value is -2.04. The van der Waals surface area contributed by atoms with Gasteiger partial charge in [-0.15, -0.1) is 0 Å². The first-order chi connectivity index (χ1) is 10.5. The second-order valence-electron chi connectivity index (χ2n) is 5.01. The van der Waals surface area contributed by atoms with Crippen LogP contribution in [-0.2, 0) is 9.84 Å². The van der Waals surface area contributed by atoms with Crippen molar-refractivity contribution in [1.29, 1.82) is 0 Å². The Morgan fingerprint density at radius 2 is 1.59 bits per heavy atom. The maximum atomic E-state index is 12.0. The number of sulfone groups is 1. The van der Waals surface area contributed by atoms with Crippen LogP contribution in [0.15, 0.2) is 71.8 Å². The minimum Gasteiger partial charge on any atom is -0.315 e. The standard InChI is InChI=1S/C17H14ClNO2S/c1-22(20,21)17-7-3-2-5-16(17)19-12-4-6-15(19)13-8-10-14(18)11-9-13/h2-12H,1H3. The van der Waals surface area contributed by atoms with E-state index in [4.69, 9.17) is 11.6 Å². The largest absolute Gasteiger partial charge is 0.315 e. The number of benzene rings is 2. The van der Waals surface area contributed by atoms with Gasteiger partial charge in [0.1, 0.15) is 0 Å². The van der Waals surface area contributed by atoms with Crippen LogP contribution < -0.4 is 0 Å². The number of nitrogens with zero attached hydrogens (tertiary/aromatic N) is 1. The van der Waals surface area contributed by atoms with Crippen LogP contribution in [0.3, 0.4) is 0 Å². The third kappa shape index (κ3) is 2.80. The van der Waals surface area contributed by atoms with Crippen LogP contribution in [0, 0.1) is 0 Å². The van der Waals surface area contributed by atoms with E-state index in [0.717, 1.165) is 11.3 Å². The molecule has 0 amide bonds. The van der Waals surface area contributed by atoms with Crippen LogP contribution in [0.25, 0.3) is 16.9 Å². The molecule has 0 aliphatic heterocycles. The average Bonchev–Trinajstić information content (AvgIpc) is 2.96. The molecule has 0 bridgehead atoms. The molecule has 2 aromatic carbocycles. The van der Waals surface area contributed by atoms with Gasteiger partial charge in [-0.2, -0.15) is 0 Å². The molecule has 0 radical (unpaired) electrons. The normalized spacial score (nSPS) is 11.5. The van der Waals surface area contributed by atoms with E-state index in [1.54, 1.807) is 18.2 Å². The highest BCUT2D eigenvalue weighted by Gasteiger charge is 2.15. The van der Waals surface area contributed by atoms with E-state index < -0.39 is 9.84 Å². The highest BCUT2D eigenvalue weighted by atomic mass is 35.5. The van der Waals surface area contributed by atoms with Crippen LogP contribution in [0.1, 0.15) is 0 Å². The molecule has 22 heavy (non-hydrogen) atoms. The van der Waals surface area contributed by atoms with Crippen molar-refractivity contribution in [3.05, 3.63) is 71.9 Å². The molecule has 5 heteroatoms. The van der Waals surface area contributed by atoms with E-state index in [-0.39, 0.29) is 0 Å². The van der Waals surface area contributed by atoms with Crippen LogP contribution in [0.5, 0.6) is 0 Å². The fourth-order valence-corrected chi connectivity index (χ4v) is 3.41. The van der Waals surface area contributed by atoms with Crippen molar-refractivity contribution in [2.24, 2.45) is 0 Å². The molecule has 0 fully saturated rings. The summed E-state index contributed by atoms with van der Waals surface area (Å²) in [6.07, 6.45) is 3.07. The number of hydrogen-bond acceptors (Lipinski definition) is 2. The number of aromatic nitrogens is 1. The average molecular weight is 332 g/mol. The summed E-state index contributed by atoms with van der Waals surface area (Å²) in [6.45, 7) is 0. The Kier molecular flexibility index (Phi) is 3.81. The quantitative estimate of drug-likeness (QED) is 0.721. The second-order valence-corrected chi connectivity index (χ2v) is 7.43. The minimum absolute atomic E-state index is 0.307. The number of hydrogen-bond donors (Lipinski definition) is 0. The molecule has 0 aliphatic carbocycles. The molecule has 0 N–H and O–H groups in total. The highest BCUT2D eigenvalue weighted by Crippen LogP contribution is 2.28. The van der Waals surface area contributed by atoms with E-state index >= 15 is 0 Å². The lowest BCUT2D eigenvalue weighted by atomic mass is 10.1. The lowest BCUT2D eigenvalue weighted by Gasteiger charge is -2.13. The van der Waals surface area contributed by atoms with Crippen molar-refractivity contribution in [2.45, 2.75) is 4.90 Å². The molecule has 3 rings (SSSR count). The van der Waals surface area contributed by atoms with Crippen LogP contribution in [0.4, 0.5) is 0 Å². The monoisotopic (exact) mass is 331 g/mol. The zero-order chi connectivity index (χ0) is 15.7. The zero-order valence-corrected chi connectivity index (χ0v) is 13.5. The predicted octanol–water partition coefficient (Wildman–Crippen LogP) is 4.20. The summed E-state index contributed by atoms with van der Waals surface area (Å²) in [5.41, 5.74) is 2.52. The summed E-state index contributed by atoms with van der Waals surface area (Å²) in [5, 5.41) is 0.665. The summed E-state index contributed by atoms with van der Waals surface area (Å²) < 4.78 is 25.9. The molecule has 0 saturated carbocycles. The lowest BCUT2D eigenvalue weighted by Crippen LogP contribution is -2.05. The number of halogens is 1. The van der Waals surface area contributed by atoms with Gasteiger partial charge in [0.2, 0.25) is 0 Å². The summed E-state index contributed by atoms with van der Waals surface area (Å²) in [7, 11) is -3.31. The Labute approximate surface area is 134 Å². The van der Waals surface area contributed by atoms with E-state index in [1.165, 1.54) is 6.26 Å². The van der Waals surface area contributed by atoms with E-state index in [2.05, 4.69) is 0 Å². The van der Waals surface area contributed by atoms with Crippen LogP contribution in [-0.4, -0.2) is 19.2 Å². The third-order valence-electron chi connectivity index (χ3n) is 3.41. The van der Waals surface area contributed by atoms with Crippen LogP contribution in [0.2, 0.25) is 5.02 Å². The van der Waals surface area contributed by atoms with Crippen molar-refractivity contribution in [1.82, 2.24) is 4.57 Å². The molecule has 3 nitrogen and oxygen atoms in total. The van der Waals surface area contributed by atoms with Gasteiger partial charge in [-0.25, -0.2) is 8.42 Å². The Morgan fingerprint density at radius 3 is 2.27 bits per heavy atom. The summed E-state index contributed by atoms with van der Waals surface area (Å²) in [4.78, 5) is 0.307. The SMILES string of the molecule is CS(=O)(=O)c1ccccc1-n1cccc1-c1ccc(Cl)cc1. The van der Waals surface area contributed by atoms with Gasteiger partial charge in [0, 0.05) is 17.5 Å². The molecule has 0 unspecified atom stereocenters. The first-order valence-corrected chi connectivity index (χ1v) is 8.96. The van der Waals surface area contributed by atoms with Crippen LogP contribution >= 0.6 is 11.6 Å². The smallest absolute Gasteiger partial charge is 0.177 e. The van der Waals surface area contributed by atoms with Gasteiger partial charge in [-0.05, 0) is 42.0 Å². The minimum atomic E-state index is -3.31. The van der Waals surface area contributed by atoms with Crippen molar-refractivity contribution >= 4 is 21.4 Å². The topological polar surface area (TPSA) is 39.1 Å². The Bertz CT molecular complexity index is 912. The molecule has 0 spiro atoms. The molecule has 112 valence electrons. The molecular formula is C17H14ClNO2S. The molecule has 1 aromatic heterocycles. The fourth-order valence-electron chi connectivity index (χ4n) is 2.42. The van der Waals surface area contributed by atoms with E-state index in [1.807, 2.05) is 53.2 Å². The van der Waals surface area contributed by atoms with Crippen molar-refractivity contribution in [3.63, 3.8) is 0 Å². The van der Waals surface area contributed by atoms with Gasteiger partial charge in [0.25, 0.3) is 0 Å². The van der Waals surface area contributed by atoms with E-state index in [0.29, 0.717) is 15.6 Å². The number of rotatable bonds is 3. The molecule has 0 saturated heterocycles. The lowest BCUT2D eigenvalue weighted by molar-refractivity contribution is 0.601. The molecule has 0 aliphatic rings. The summed E-state index contributed by atoms with van der Waals surface area (Å²) in [5.74, 6) is 0. The van der Waals surface area contributed by atoms with Crippen molar-refractivity contribution in [2.75, 3.05) is 6.26 Å². The van der Waals surface area contributed by atoms with Crippen molar-refractivity contribution in [3.8, 4) is 16.9 Å². The third-order valence-corrected chi connectivity index (χ3v) is 4.81. The summed E-state index contributed by atoms with van der Waals surface area (Å²) >= 11 is 5.93. The first-order valence-electron chi connectivity index (χ1n) is 6.69. The Balaban J connectivity index is 2.20. The van der Waals surface area contributed by atoms with Gasteiger partial charge in [-0.3, -0.25) is 0 Å². The molecular weight excluding hydrogens is 318 g/mol. The summed E-state index contributed by atoms with van der Waals surface area (Å²) in [6, 6.07) is 18.3. The molecule has 0 atom stereocenters. The van der Waals surface area contributed by atoms with Gasteiger partial charge >= 0.3 is 0 Å². The second kappa shape index (κ2) is 5.63. The van der Waals surface area contributed by atoms with Gasteiger partial charge in [-0.1, -0.05) is 35.9 Å². The first kappa shape index (κ1) is 14.9. The molecule has 3 aromatic rings. The van der Waals surface area contributed by atoms with E-state index in [9.17, 15) is 8.42 Å². The van der Waals surface area contributed by atoms with Gasteiger partial charge in [0.05, 0.1) is 16.3 Å². The maximum absolute atomic E-state index is 12.0. The molecule has 1 heterocycles. The Morgan fingerprint density at radius 1 is 0.909 bits per heavy atom. The number of para-hydroxylation sites is 1. The van der Waals surface area contributed by atoms with Gasteiger partial charge < -0.3 is 4.57 Å². The predicted molar refractivity (Wildman–Crippen MR) is 89.3 cm³/mol. The zero-order valence-electron chi connectivity index (χ0n) is 11.9. The maximum Gasteiger partial charge on any atom is 0.177 e. The fraction of sp³-hybridized carbons (Fsp3) is 0.0588. The highest BCUT2D eigenvalue weighted by molar-refractivity contribution is 7.90.